The number of nitrogens with one attached hydrogen (secondary N) is 2. The highest BCUT2D eigenvalue weighted by Gasteiger charge is 2.39. The van der Waals surface area contributed by atoms with Crippen molar-refractivity contribution >= 4 is 30.2 Å². The van der Waals surface area contributed by atoms with E-state index in [0.29, 0.717) is 0 Å². The fraction of sp³-hybridized carbons (Fsp3) is 0.500. The largest absolute Gasteiger partial charge is 0.332 e. The molecule has 1 rings (SSSR count). The van der Waals surface area contributed by atoms with E-state index in [2.05, 4.69) is 72.8 Å². The Bertz CT molecular complexity index is 366. The zero-order chi connectivity index (χ0) is 14.0. The second-order valence-electron chi connectivity index (χ2n) is 6.92. The summed E-state index contributed by atoms with van der Waals surface area (Å²) in [7, 11) is -5.13. The van der Waals surface area contributed by atoms with Gasteiger partial charge in [-0.05, 0) is 5.19 Å². The number of benzene rings is 1. The summed E-state index contributed by atoms with van der Waals surface area (Å²) in [5.41, 5.74) is 0. The molecule has 6 heteroatoms. The monoisotopic (exact) mass is 297 g/mol. The summed E-state index contributed by atoms with van der Waals surface area (Å²) in [5.74, 6) is 0. The Hall–Kier alpha value is -0.249. The molecule has 0 heterocycles. The highest BCUT2D eigenvalue weighted by atomic mass is 28.4. The molecule has 0 radical (unpaired) electrons. The van der Waals surface area contributed by atoms with Crippen molar-refractivity contribution in [3.05, 3.63) is 30.3 Å². The van der Waals surface area contributed by atoms with Crippen LogP contribution in [-0.4, -0.2) is 25.0 Å². The van der Waals surface area contributed by atoms with Crippen molar-refractivity contribution in [2.24, 2.45) is 5.40 Å². The Morgan fingerprint density at radius 2 is 1.17 bits per heavy atom. The van der Waals surface area contributed by atoms with Crippen molar-refractivity contribution in [1.82, 2.24) is 9.30 Å². The zero-order valence-corrected chi connectivity index (χ0v) is 15.5. The first-order chi connectivity index (χ1) is 8.02. The molecule has 0 amide bonds. The molecule has 0 aliphatic rings. The third kappa shape index (κ3) is 5.17. The fourth-order valence-corrected chi connectivity index (χ4v) is 14.2. The van der Waals surface area contributed by atoms with E-state index in [4.69, 9.17) is 5.40 Å². The van der Waals surface area contributed by atoms with Crippen LogP contribution in [0.4, 0.5) is 0 Å². The molecule has 0 spiro atoms. The van der Waals surface area contributed by atoms with Crippen molar-refractivity contribution in [1.29, 1.82) is 0 Å². The molecule has 0 aliphatic carbocycles. The van der Waals surface area contributed by atoms with Gasteiger partial charge in [0.2, 0.25) is 0 Å². The summed E-state index contributed by atoms with van der Waals surface area (Å²) in [4.78, 5) is 0. The van der Waals surface area contributed by atoms with Gasteiger partial charge in [-0.1, -0.05) is 69.6 Å². The minimum absolute atomic E-state index is 1.25. The molecule has 0 unspecified atom stereocenters. The minimum atomic E-state index is -2.27. The van der Waals surface area contributed by atoms with Gasteiger partial charge in [0.1, 0.15) is 16.5 Å². The maximum Gasteiger partial charge on any atom is 0.299 e. The van der Waals surface area contributed by atoms with Gasteiger partial charge in [-0.2, -0.15) is 0 Å². The normalized spacial score (nSPS) is 13.7. The Labute approximate surface area is 115 Å². The van der Waals surface area contributed by atoms with Crippen molar-refractivity contribution in [3.63, 3.8) is 0 Å². The molecule has 1 aromatic carbocycles. The molecule has 0 bridgehead atoms. The molecule has 18 heavy (non-hydrogen) atoms. The van der Waals surface area contributed by atoms with E-state index in [9.17, 15) is 0 Å². The van der Waals surface area contributed by atoms with Crippen LogP contribution < -0.4 is 19.9 Å². The lowest BCUT2D eigenvalue weighted by Gasteiger charge is -2.39. The Balaban J connectivity index is 3.09. The van der Waals surface area contributed by atoms with Gasteiger partial charge in [0.25, 0.3) is 8.56 Å². The van der Waals surface area contributed by atoms with Crippen LogP contribution in [0.5, 0.6) is 0 Å². The van der Waals surface area contributed by atoms with E-state index < -0.39 is 25.0 Å². The quantitative estimate of drug-likeness (QED) is 0.724. The molecule has 0 saturated carbocycles. The summed E-state index contributed by atoms with van der Waals surface area (Å²) in [6, 6.07) is 10.5. The first kappa shape index (κ1) is 15.8. The van der Waals surface area contributed by atoms with Crippen LogP contribution in [0.2, 0.25) is 39.3 Å². The first-order valence-electron chi connectivity index (χ1n) is 6.45. The van der Waals surface area contributed by atoms with Crippen LogP contribution in [-0.2, 0) is 0 Å². The van der Waals surface area contributed by atoms with Crippen molar-refractivity contribution in [2.45, 2.75) is 39.3 Å². The third-order valence-electron chi connectivity index (χ3n) is 2.37. The van der Waals surface area contributed by atoms with Gasteiger partial charge in [0, 0.05) is 0 Å². The SMILES string of the molecule is C[Si](C)(C)N[Si](N)(N[Si](C)(C)C)c1ccccc1. The van der Waals surface area contributed by atoms with Gasteiger partial charge in [0.15, 0.2) is 0 Å². The molecule has 3 nitrogen and oxygen atoms in total. The van der Waals surface area contributed by atoms with Crippen LogP contribution in [0.15, 0.2) is 30.3 Å². The summed E-state index contributed by atoms with van der Waals surface area (Å²) in [6.45, 7) is 13.8. The molecule has 0 fully saturated rings. The summed E-state index contributed by atoms with van der Waals surface area (Å²) >= 11 is 0. The molecule has 102 valence electrons. The van der Waals surface area contributed by atoms with Crippen LogP contribution >= 0.6 is 0 Å². The maximum atomic E-state index is 6.78. The Morgan fingerprint density at radius 1 is 0.778 bits per heavy atom. The predicted molar refractivity (Wildman–Crippen MR) is 89.0 cm³/mol. The van der Waals surface area contributed by atoms with E-state index in [-0.39, 0.29) is 0 Å². The molecule has 0 saturated heterocycles. The number of hydrogen-bond acceptors (Lipinski definition) is 3. The highest BCUT2D eigenvalue weighted by molar-refractivity contribution is 7.01. The molecule has 4 N–H and O–H groups in total. The summed E-state index contributed by atoms with van der Waals surface area (Å²) in [6.07, 6.45) is 0. The van der Waals surface area contributed by atoms with E-state index in [0.717, 1.165) is 0 Å². The van der Waals surface area contributed by atoms with Crippen molar-refractivity contribution < 1.29 is 0 Å². The fourth-order valence-electron chi connectivity index (χ4n) is 2.06. The van der Waals surface area contributed by atoms with E-state index in [1.807, 2.05) is 6.07 Å². The second-order valence-corrected chi connectivity index (χ2v) is 20.1. The Morgan fingerprint density at radius 3 is 1.50 bits per heavy atom. The average Bonchev–Trinajstić information content (AvgIpc) is 2.13. The molecular formula is C12H27N3Si3. The highest BCUT2D eigenvalue weighted by Crippen LogP contribution is 2.04. The van der Waals surface area contributed by atoms with Crippen LogP contribution in [0.25, 0.3) is 0 Å². The average molecular weight is 298 g/mol. The van der Waals surface area contributed by atoms with Gasteiger partial charge < -0.3 is 14.7 Å². The Kier molecular flexibility index (Phi) is 4.74. The third-order valence-corrected chi connectivity index (χ3v) is 12.8. The number of hydrogen-bond donors (Lipinski definition) is 3. The lowest BCUT2D eigenvalue weighted by molar-refractivity contribution is 1.17. The molecule has 0 aromatic heterocycles. The van der Waals surface area contributed by atoms with E-state index >= 15 is 0 Å². The maximum absolute atomic E-state index is 6.78. The second kappa shape index (κ2) is 5.40. The van der Waals surface area contributed by atoms with Gasteiger partial charge >= 0.3 is 0 Å². The molecule has 1 aromatic rings. The van der Waals surface area contributed by atoms with E-state index in [1.54, 1.807) is 0 Å². The van der Waals surface area contributed by atoms with Gasteiger partial charge in [-0.25, -0.2) is 0 Å². The first-order valence-corrected chi connectivity index (χ1v) is 15.5. The van der Waals surface area contributed by atoms with Gasteiger partial charge in [-0.3, -0.25) is 0 Å². The van der Waals surface area contributed by atoms with E-state index in [1.165, 1.54) is 5.19 Å². The van der Waals surface area contributed by atoms with Crippen molar-refractivity contribution in [3.8, 4) is 0 Å². The van der Waals surface area contributed by atoms with Crippen LogP contribution in [0.1, 0.15) is 0 Å². The minimum Gasteiger partial charge on any atom is -0.332 e. The summed E-state index contributed by atoms with van der Waals surface area (Å²) in [5, 5.41) is 8.02. The van der Waals surface area contributed by atoms with Crippen LogP contribution in [0, 0.1) is 0 Å². The number of nitrogens with two attached hydrogens (primary N) is 1. The predicted octanol–water partition coefficient (Wildman–Crippen LogP) is 1.64. The molecule has 0 atom stereocenters. The standard InChI is InChI=1S/C12H27N3Si3/c1-16(2,3)14-18(13,15-17(4,5)6)12-10-8-7-9-11-12/h7-11,14-15H,13H2,1-6H3. The lowest BCUT2D eigenvalue weighted by atomic mass is 10.4. The molecular weight excluding hydrogens is 270 g/mol. The van der Waals surface area contributed by atoms with Crippen molar-refractivity contribution in [2.75, 3.05) is 0 Å². The smallest absolute Gasteiger partial charge is 0.299 e. The van der Waals surface area contributed by atoms with Gasteiger partial charge in [-0.15, -0.1) is 0 Å². The lowest BCUT2D eigenvalue weighted by Crippen LogP contribution is -2.84. The summed E-state index contributed by atoms with van der Waals surface area (Å²) < 4.78 is 7.57. The zero-order valence-electron chi connectivity index (χ0n) is 12.5. The number of rotatable bonds is 5. The topological polar surface area (TPSA) is 50.1 Å². The van der Waals surface area contributed by atoms with Crippen LogP contribution in [0.3, 0.4) is 0 Å². The van der Waals surface area contributed by atoms with Gasteiger partial charge in [0.05, 0.1) is 0 Å². The molecule has 0 aliphatic heterocycles.